The molecule has 16 heavy (non-hydrogen) atoms. The molecular weight excluding hydrogens is 272 g/mol. The third-order valence-electron chi connectivity index (χ3n) is 2.88. The maximum absolute atomic E-state index is 11.8. The van der Waals surface area contributed by atoms with Crippen molar-refractivity contribution in [3.63, 3.8) is 0 Å². The maximum Gasteiger partial charge on any atom is 0.287 e. The number of piperidine rings is 1. The Bertz CT molecular complexity index is 378. The quantitative estimate of drug-likeness (QED) is 0.873. The lowest BCUT2D eigenvalue weighted by Gasteiger charge is -2.30. The molecule has 1 aromatic heterocycles. The van der Waals surface area contributed by atoms with Crippen LogP contribution in [0.15, 0.2) is 21.2 Å². The van der Waals surface area contributed by atoms with Crippen molar-refractivity contribution >= 4 is 21.8 Å². The molecule has 0 radical (unpaired) electrons. The predicted octanol–water partition coefficient (Wildman–Crippen LogP) is 1.91. The predicted molar refractivity (Wildman–Crippen MR) is 64.4 cm³/mol. The van der Waals surface area contributed by atoms with Crippen LogP contribution in [0.1, 0.15) is 30.3 Å². The molecule has 1 aliphatic heterocycles. The number of carbonyl (C=O) groups excluding carboxylic acids is 1. The summed E-state index contributed by atoms with van der Waals surface area (Å²) in [6.45, 7) is 3.11. The molecule has 1 fully saturated rings. The second-order valence-electron chi connectivity index (χ2n) is 4.07. The van der Waals surface area contributed by atoms with Gasteiger partial charge in [-0.3, -0.25) is 4.79 Å². The molecule has 2 atom stereocenters. The fourth-order valence-electron chi connectivity index (χ4n) is 1.92. The summed E-state index contributed by atoms with van der Waals surface area (Å²) in [4.78, 5) is 11.8. The van der Waals surface area contributed by atoms with E-state index >= 15 is 0 Å². The third-order valence-corrected chi connectivity index (χ3v) is 3.30. The largest absolute Gasteiger partial charge is 0.444 e. The topological polar surface area (TPSA) is 54.3 Å². The van der Waals surface area contributed by atoms with Gasteiger partial charge in [0.05, 0.1) is 0 Å². The van der Waals surface area contributed by atoms with E-state index < -0.39 is 0 Å². The van der Waals surface area contributed by atoms with Gasteiger partial charge < -0.3 is 15.1 Å². The van der Waals surface area contributed by atoms with Gasteiger partial charge in [0, 0.05) is 12.1 Å². The smallest absolute Gasteiger partial charge is 0.287 e. The van der Waals surface area contributed by atoms with Gasteiger partial charge in [0.1, 0.15) is 0 Å². The van der Waals surface area contributed by atoms with Gasteiger partial charge in [-0.05, 0) is 54.4 Å². The van der Waals surface area contributed by atoms with Gasteiger partial charge >= 0.3 is 0 Å². The molecule has 1 aromatic rings. The molecule has 2 heterocycles. The number of amides is 1. The molecule has 0 spiro atoms. The first kappa shape index (κ1) is 11.7. The van der Waals surface area contributed by atoms with Crippen molar-refractivity contribution in [1.82, 2.24) is 10.6 Å². The van der Waals surface area contributed by atoms with Crippen LogP contribution in [0.5, 0.6) is 0 Å². The first-order chi connectivity index (χ1) is 7.66. The van der Waals surface area contributed by atoms with Crippen LogP contribution in [0.3, 0.4) is 0 Å². The molecule has 0 aromatic carbocycles. The Balaban J connectivity index is 1.96. The Kier molecular flexibility index (Phi) is 3.66. The second-order valence-corrected chi connectivity index (χ2v) is 4.85. The van der Waals surface area contributed by atoms with Gasteiger partial charge in [-0.15, -0.1) is 0 Å². The van der Waals surface area contributed by atoms with Gasteiger partial charge in [0.15, 0.2) is 10.4 Å². The molecule has 0 bridgehead atoms. The van der Waals surface area contributed by atoms with Crippen LogP contribution in [-0.2, 0) is 0 Å². The second kappa shape index (κ2) is 5.01. The minimum Gasteiger partial charge on any atom is -0.444 e. The van der Waals surface area contributed by atoms with E-state index in [0.29, 0.717) is 16.5 Å². The molecule has 2 N–H and O–H groups in total. The van der Waals surface area contributed by atoms with Crippen molar-refractivity contribution in [2.45, 2.75) is 31.8 Å². The van der Waals surface area contributed by atoms with Gasteiger partial charge in [0.25, 0.3) is 5.91 Å². The standard InChI is InChI=1S/C11H15BrN2O2/c1-7-8(3-2-6-13-7)14-11(15)9-4-5-10(12)16-9/h4-5,7-8,13H,2-3,6H2,1H3,(H,14,15). The van der Waals surface area contributed by atoms with Crippen LogP contribution >= 0.6 is 15.9 Å². The third kappa shape index (κ3) is 2.65. The Morgan fingerprint density at radius 3 is 3.06 bits per heavy atom. The highest BCUT2D eigenvalue weighted by atomic mass is 79.9. The van der Waals surface area contributed by atoms with Gasteiger partial charge in [-0.2, -0.15) is 0 Å². The molecule has 4 nitrogen and oxygen atoms in total. The summed E-state index contributed by atoms with van der Waals surface area (Å²) >= 11 is 3.18. The lowest BCUT2D eigenvalue weighted by Crippen LogP contribution is -2.51. The number of halogens is 1. The van der Waals surface area contributed by atoms with E-state index in [0.717, 1.165) is 19.4 Å². The van der Waals surface area contributed by atoms with E-state index in [1.54, 1.807) is 12.1 Å². The summed E-state index contributed by atoms with van der Waals surface area (Å²) in [5.41, 5.74) is 0. The van der Waals surface area contributed by atoms with Gasteiger partial charge in [-0.1, -0.05) is 0 Å². The van der Waals surface area contributed by atoms with Crippen molar-refractivity contribution in [3.05, 3.63) is 22.6 Å². The van der Waals surface area contributed by atoms with Gasteiger partial charge in [-0.25, -0.2) is 0 Å². The van der Waals surface area contributed by atoms with Crippen molar-refractivity contribution in [3.8, 4) is 0 Å². The molecule has 0 saturated carbocycles. The number of nitrogens with one attached hydrogen (secondary N) is 2. The first-order valence-electron chi connectivity index (χ1n) is 5.46. The SMILES string of the molecule is CC1NCCCC1NC(=O)c1ccc(Br)o1. The van der Waals surface area contributed by atoms with E-state index in [1.165, 1.54) is 0 Å². The summed E-state index contributed by atoms with van der Waals surface area (Å²) in [7, 11) is 0. The summed E-state index contributed by atoms with van der Waals surface area (Å²) in [5, 5.41) is 6.32. The van der Waals surface area contributed by atoms with Crippen molar-refractivity contribution < 1.29 is 9.21 Å². The van der Waals surface area contributed by atoms with Crippen molar-refractivity contribution in [2.75, 3.05) is 6.54 Å². The maximum atomic E-state index is 11.8. The molecule has 0 aliphatic carbocycles. The zero-order valence-electron chi connectivity index (χ0n) is 9.13. The Morgan fingerprint density at radius 1 is 1.62 bits per heavy atom. The summed E-state index contributed by atoms with van der Waals surface area (Å²) in [6, 6.07) is 3.89. The number of hydrogen-bond donors (Lipinski definition) is 2. The Labute approximate surface area is 103 Å². The Hall–Kier alpha value is -0.810. The van der Waals surface area contributed by atoms with Crippen LogP contribution in [0.25, 0.3) is 0 Å². The van der Waals surface area contributed by atoms with E-state index in [2.05, 4.69) is 33.5 Å². The molecule has 1 aliphatic rings. The highest BCUT2D eigenvalue weighted by Gasteiger charge is 2.23. The van der Waals surface area contributed by atoms with Crippen LogP contribution in [-0.4, -0.2) is 24.5 Å². The van der Waals surface area contributed by atoms with Crippen molar-refractivity contribution in [2.24, 2.45) is 0 Å². The normalized spacial score (nSPS) is 25.4. The highest BCUT2D eigenvalue weighted by Crippen LogP contribution is 2.15. The summed E-state index contributed by atoms with van der Waals surface area (Å²) in [5.74, 6) is 0.205. The van der Waals surface area contributed by atoms with Crippen LogP contribution in [0, 0.1) is 0 Å². The Morgan fingerprint density at radius 2 is 2.44 bits per heavy atom. The zero-order chi connectivity index (χ0) is 11.5. The van der Waals surface area contributed by atoms with Crippen LogP contribution in [0.4, 0.5) is 0 Å². The average molecular weight is 287 g/mol. The van der Waals surface area contributed by atoms with E-state index in [9.17, 15) is 4.79 Å². The van der Waals surface area contributed by atoms with E-state index in [-0.39, 0.29) is 11.9 Å². The summed E-state index contributed by atoms with van der Waals surface area (Å²) < 4.78 is 5.78. The molecule has 2 unspecified atom stereocenters. The summed E-state index contributed by atoms with van der Waals surface area (Å²) in [6.07, 6.45) is 2.11. The first-order valence-corrected chi connectivity index (χ1v) is 6.25. The molecule has 1 amide bonds. The average Bonchev–Trinajstić information content (AvgIpc) is 2.68. The minimum atomic E-state index is -0.147. The molecule has 2 rings (SSSR count). The van der Waals surface area contributed by atoms with E-state index in [1.807, 2.05) is 0 Å². The molecular formula is C11H15BrN2O2. The molecule has 1 saturated heterocycles. The molecule has 5 heteroatoms. The molecule has 88 valence electrons. The fraction of sp³-hybridized carbons (Fsp3) is 0.545. The fourth-order valence-corrected chi connectivity index (χ4v) is 2.22. The number of hydrogen-bond acceptors (Lipinski definition) is 3. The highest BCUT2D eigenvalue weighted by molar-refractivity contribution is 9.10. The van der Waals surface area contributed by atoms with E-state index in [4.69, 9.17) is 4.42 Å². The number of carbonyl (C=O) groups is 1. The lowest BCUT2D eigenvalue weighted by molar-refractivity contribution is 0.0890. The zero-order valence-corrected chi connectivity index (χ0v) is 10.7. The monoisotopic (exact) mass is 286 g/mol. The number of rotatable bonds is 2. The van der Waals surface area contributed by atoms with Crippen molar-refractivity contribution in [1.29, 1.82) is 0 Å². The van der Waals surface area contributed by atoms with Gasteiger partial charge in [0.2, 0.25) is 0 Å². The number of furan rings is 1. The van der Waals surface area contributed by atoms with Crippen LogP contribution < -0.4 is 10.6 Å². The lowest BCUT2D eigenvalue weighted by atomic mass is 10.00. The van der Waals surface area contributed by atoms with Crippen LogP contribution in [0.2, 0.25) is 0 Å². The minimum absolute atomic E-state index is 0.147.